The highest BCUT2D eigenvalue weighted by atomic mass is 32.2. The topological polar surface area (TPSA) is 217 Å². The van der Waals surface area contributed by atoms with Crippen LogP contribution in [0.2, 0.25) is 0 Å². The van der Waals surface area contributed by atoms with E-state index in [1.807, 2.05) is 47.3 Å². The number of thioether (sulfide) groups is 1. The second-order valence-corrected chi connectivity index (χ2v) is 14.4. The Balaban J connectivity index is 1.14. The van der Waals surface area contributed by atoms with E-state index in [4.69, 9.17) is 10.6 Å². The number of phenolic OH excluding ortho intramolecular Hbond substituents is 2. The normalized spacial score (nSPS) is 17.8. The van der Waals surface area contributed by atoms with Crippen molar-refractivity contribution in [3.05, 3.63) is 94.4 Å². The predicted octanol–water partition coefficient (Wildman–Crippen LogP) is 3.75. The summed E-state index contributed by atoms with van der Waals surface area (Å²) in [7, 11) is 0. The van der Waals surface area contributed by atoms with Gasteiger partial charge in [-0.3, -0.25) is 14.5 Å². The Morgan fingerprint density at radius 1 is 1.10 bits per heavy atom. The molecule has 262 valence electrons. The summed E-state index contributed by atoms with van der Waals surface area (Å²) >= 11 is 2.38. The number of hydrogen-bond donors (Lipinski definition) is 5. The molecule has 4 heterocycles. The number of nitrogens with two attached hydrogens (primary N) is 1. The number of aromatic hydroxyl groups is 2. The number of rotatable bonds is 12. The summed E-state index contributed by atoms with van der Waals surface area (Å²) in [6.07, 6.45) is 6.86. The molecule has 0 aliphatic carbocycles. The highest BCUT2D eigenvalue weighted by molar-refractivity contribution is 8.00. The predicted molar refractivity (Wildman–Crippen MR) is 189 cm³/mol. The number of amides is 1. The van der Waals surface area contributed by atoms with E-state index < -0.39 is 40.5 Å². The smallest absolute Gasteiger partial charge is 0.352 e. The Kier molecular flexibility index (Phi) is 9.55. The largest absolute Gasteiger partial charge is 0.504 e. The third kappa shape index (κ3) is 7.27. The molecule has 0 unspecified atom stereocenters. The number of nitrogens with zero attached hydrogens (tertiary/aromatic N) is 4. The van der Waals surface area contributed by atoms with Crippen LogP contribution in [-0.4, -0.2) is 76.4 Å². The molecule has 14 nitrogen and oxygen atoms in total. The molecule has 0 saturated carbocycles. The van der Waals surface area contributed by atoms with E-state index in [1.54, 1.807) is 12.2 Å². The first-order valence-corrected chi connectivity index (χ1v) is 17.4. The Morgan fingerprint density at radius 2 is 1.80 bits per heavy atom. The molecule has 16 heteroatoms. The molecule has 2 aliphatic rings. The van der Waals surface area contributed by atoms with Crippen molar-refractivity contribution in [2.75, 3.05) is 11.5 Å². The molecule has 6 rings (SSSR count). The summed E-state index contributed by atoms with van der Waals surface area (Å²) in [6, 6.07) is 12.5. The van der Waals surface area contributed by atoms with Gasteiger partial charge in [-0.1, -0.05) is 41.6 Å². The first kappa shape index (κ1) is 35.1. The number of hydrogen-bond acceptors (Lipinski definition) is 12. The van der Waals surface area contributed by atoms with E-state index in [0.29, 0.717) is 12.1 Å². The maximum Gasteiger partial charge on any atom is 0.352 e. The number of pyridine rings is 1. The number of aromatic nitrogens is 2. The number of carbonyl (C=O) groups excluding carboxylic acids is 2. The second kappa shape index (κ2) is 13.9. The first-order chi connectivity index (χ1) is 24.2. The lowest BCUT2D eigenvalue weighted by molar-refractivity contribution is -0.687. The van der Waals surface area contributed by atoms with Crippen LogP contribution in [0, 0.1) is 5.92 Å². The highest BCUT2D eigenvalue weighted by Gasteiger charge is 2.54. The number of allylic oxidation sites excluding steroid dienone is 1. The van der Waals surface area contributed by atoms with E-state index in [2.05, 4.69) is 10.1 Å². The van der Waals surface area contributed by atoms with Crippen molar-refractivity contribution < 1.29 is 49.0 Å². The van der Waals surface area contributed by atoms with Gasteiger partial charge in [-0.15, -0.1) is 23.1 Å². The Labute approximate surface area is 298 Å². The average Bonchev–Trinajstić information content (AvgIpc) is 3.52. The zero-order chi connectivity index (χ0) is 36.6. The number of β-lactam (4-membered cyclic amide) rings is 1. The summed E-state index contributed by atoms with van der Waals surface area (Å²) in [5.41, 5.74) is 5.87. The van der Waals surface area contributed by atoms with Crippen LogP contribution >= 0.6 is 23.1 Å². The zero-order valence-electron chi connectivity index (χ0n) is 27.2. The number of phenols is 2. The molecule has 0 spiro atoms. The van der Waals surface area contributed by atoms with Gasteiger partial charge in [-0.2, -0.15) is 0 Å². The molecule has 51 heavy (non-hydrogen) atoms. The number of carboxylic acids is 2. The highest BCUT2D eigenvalue weighted by Crippen LogP contribution is 2.45. The molecule has 2 aromatic heterocycles. The molecule has 0 bridgehead atoms. The van der Waals surface area contributed by atoms with Gasteiger partial charge in [0.15, 0.2) is 47.1 Å². The second-order valence-electron chi connectivity index (χ2n) is 12.4. The molecule has 0 radical (unpaired) electrons. The summed E-state index contributed by atoms with van der Waals surface area (Å²) < 4.78 is 1.95. The van der Waals surface area contributed by atoms with Crippen molar-refractivity contribution in [1.29, 1.82) is 0 Å². The minimum absolute atomic E-state index is 0.0747. The lowest BCUT2D eigenvalue weighted by Crippen LogP contribution is -2.62. The van der Waals surface area contributed by atoms with Crippen LogP contribution in [0.4, 0.5) is 5.13 Å². The van der Waals surface area contributed by atoms with Crippen molar-refractivity contribution >= 4 is 74.4 Å². The van der Waals surface area contributed by atoms with Gasteiger partial charge >= 0.3 is 11.9 Å². The summed E-state index contributed by atoms with van der Waals surface area (Å²) in [4.78, 5) is 61.1. The SMILES string of the molecule is CC(C)(O/N=C(\C(=O)C[C@@H]1C(=O)N2C(C(=O)O)=C(/C=C\c3ccc(C[n+]4ccc5cc(O)c(O)cc5c4)cc3)CS[C@H]12)c1csc(N)n1)C(=O)O. The van der Waals surface area contributed by atoms with Gasteiger partial charge in [0.1, 0.15) is 11.4 Å². The molecule has 2 atom stereocenters. The molecule has 2 aromatic carbocycles. The number of aliphatic carboxylic acids is 2. The van der Waals surface area contributed by atoms with Crippen molar-refractivity contribution in [3.63, 3.8) is 0 Å². The molecule has 4 aromatic rings. The molecular formula is C35H32N5O9S2+. The van der Waals surface area contributed by atoms with Gasteiger partial charge in [0.05, 0.1) is 11.3 Å². The lowest BCUT2D eigenvalue weighted by atomic mass is 9.89. The fourth-order valence-electron chi connectivity index (χ4n) is 5.54. The average molecular weight is 731 g/mol. The van der Waals surface area contributed by atoms with E-state index in [0.717, 1.165) is 33.2 Å². The van der Waals surface area contributed by atoms with Crippen LogP contribution in [0.1, 0.15) is 37.1 Å². The quantitative estimate of drug-likeness (QED) is 0.0463. The van der Waals surface area contributed by atoms with Gasteiger partial charge in [0.25, 0.3) is 0 Å². The van der Waals surface area contributed by atoms with Crippen LogP contribution in [0.15, 0.2) is 82.7 Å². The number of benzene rings is 2. The Bertz CT molecular complexity index is 2180. The van der Waals surface area contributed by atoms with Gasteiger partial charge in [0.2, 0.25) is 11.5 Å². The van der Waals surface area contributed by atoms with Crippen LogP contribution in [-0.2, 0) is 30.6 Å². The van der Waals surface area contributed by atoms with Gasteiger partial charge in [-0.25, -0.2) is 19.1 Å². The van der Waals surface area contributed by atoms with Crippen LogP contribution in [0.25, 0.3) is 16.8 Å². The molecule has 2 aliphatic heterocycles. The zero-order valence-corrected chi connectivity index (χ0v) is 28.9. The number of carboxylic acid groups (broad SMARTS) is 2. The number of thiazole rings is 1. The van der Waals surface area contributed by atoms with Crippen molar-refractivity contribution in [3.8, 4) is 11.5 Å². The standard InChI is InChI=1S/C35H31N5O9S2/c1-35(2,33(47)48)49-38-28(24-17-51-34(36)37-24)27(43)13-23-30(44)40-29(32(45)46)21(16-50-31(23)40)8-7-18-3-5-19(6-4-18)14-39-10-9-20-11-25(41)26(42)12-22(20)15-39/h3-12,15,17,23,31H,13-14,16H2,1-2H3,(H5,36,37,42,45,46,47,48)/p+1/b8-7-,38-28-/t23-,31-/m1/s1. The fraction of sp³-hybridized carbons (Fsp3) is 0.229. The lowest BCUT2D eigenvalue weighted by Gasteiger charge is -2.49. The summed E-state index contributed by atoms with van der Waals surface area (Å²) in [6.45, 7) is 3.07. The maximum atomic E-state index is 13.4. The summed E-state index contributed by atoms with van der Waals surface area (Å²) in [5, 5.41) is 45.5. The van der Waals surface area contributed by atoms with Crippen molar-refractivity contribution in [1.82, 2.24) is 9.88 Å². The van der Waals surface area contributed by atoms with Crippen LogP contribution in [0.3, 0.4) is 0 Å². The number of oxime groups is 1. The van der Waals surface area contributed by atoms with Gasteiger partial charge in [-0.05, 0) is 42.5 Å². The van der Waals surface area contributed by atoms with Gasteiger partial charge < -0.3 is 31.0 Å². The third-order valence-electron chi connectivity index (χ3n) is 8.38. The van der Waals surface area contributed by atoms with E-state index in [-0.39, 0.29) is 45.9 Å². The third-order valence-corrected chi connectivity index (χ3v) is 10.4. The molecule has 1 saturated heterocycles. The Morgan fingerprint density at radius 3 is 2.45 bits per heavy atom. The van der Waals surface area contributed by atoms with Crippen molar-refractivity contribution in [2.45, 2.75) is 37.8 Å². The van der Waals surface area contributed by atoms with Crippen LogP contribution in [0.5, 0.6) is 11.5 Å². The number of Topliss-reactive ketones (excluding diaryl/α,β-unsaturated/α-hetero) is 1. The number of fused-ring (bicyclic) bond motifs is 2. The fourth-order valence-corrected chi connectivity index (χ4v) is 7.48. The molecular weight excluding hydrogens is 699 g/mol. The number of ketones is 1. The molecule has 1 fully saturated rings. The maximum absolute atomic E-state index is 13.4. The number of anilines is 1. The minimum atomic E-state index is -1.75. The van der Waals surface area contributed by atoms with Crippen molar-refractivity contribution in [2.24, 2.45) is 11.1 Å². The van der Waals surface area contributed by atoms with E-state index >= 15 is 0 Å². The monoisotopic (exact) mass is 730 g/mol. The number of nitrogen functional groups attached to an aromatic ring is 1. The number of carbonyl (C=O) groups is 4. The minimum Gasteiger partial charge on any atom is -0.504 e. The van der Waals surface area contributed by atoms with Gasteiger partial charge in [0, 0.05) is 34.6 Å². The summed E-state index contributed by atoms with van der Waals surface area (Å²) in [5.74, 6) is -4.68. The molecule has 6 N–H and O–H groups in total. The van der Waals surface area contributed by atoms with Crippen LogP contribution < -0.4 is 10.3 Å². The van der Waals surface area contributed by atoms with E-state index in [9.17, 15) is 39.6 Å². The molecule has 1 amide bonds. The van der Waals surface area contributed by atoms with E-state index in [1.165, 1.54) is 48.0 Å². The Hall–Kier alpha value is -5.74. The first-order valence-electron chi connectivity index (χ1n) is 15.5.